The van der Waals surface area contributed by atoms with Crippen LogP contribution in [0.2, 0.25) is 0 Å². The van der Waals surface area contributed by atoms with Crippen molar-refractivity contribution in [3.05, 3.63) is 54.6 Å². The Kier molecular flexibility index (Phi) is 3.07. The molecule has 0 bridgehead atoms. The van der Waals surface area contributed by atoms with E-state index in [1.54, 1.807) is 6.08 Å². The first-order valence-electron chi connectivity index (χ1n) is 4.57. The van der Waals surface area contributed by atoms with Gasteiger partial charge in [0.15, 0.2) is 0 Å². The molecule has 1 rings (SSSR count). The summed E-state index contributed by atoms with van der Waals surface area (Å²) >= 11 is 0. The highest BCUT2D eigenvalue weighted by atomic mass is 14.0. The fourth-order valence-electron chi connectivity index (χ4n) is 1.20. The van der Waals surface area contributed by atoms with Gasteiger partial charge in [-0.1, -0.05) is 57.3 Å². The van der Waals surface area contributed by atoms with Crippen molar-refractivity contribution in [2.45, 2.75) is 19.8 Å². The second kappa shape index (κ2) is 4.08. The summed E-state index contributed by atoms with van der Waals surface area (Å²) in [4.78, 5) is 0. The Balaban J connectivity index is 2.93. The quantitative estimate of drug-likeness (QED) is 0.604. The maximum atomic E-state index is 3.90. The topological polar surface area (TPSA) is 0 Å². The summed E-state index contributed by atoms with van der Waals surface area (Å²) in [6.07, 6.45) is 1.78. The van der Waals surface area contributed by atoms with Crippen LogP contribution in [0.3, 0.4) is 0 Å². The van der Waals surface area contributed by atoms with Gasteiger partial charge in [0.1, 0.15) is 0 Å². The molecule has 0 saturated carbocycles. The molecule has 0 saturated heterocycles. The number of rotatable bonds is 3. The average Bonchev–Trinajstić information content (AvgIpc) is 2.17. The number of hydrogen-bond donors (Lipinski definition) is 0. The van der Waals surface area contributed by atoms with Gasteiger partial charge in [-0.25, -0.2) is 0 Å². The molecule has 0 spiro atoms. The highest BCUT2D eigenvalue weighted by Gasteiger charge is 1.98. The molecule has 1 aromatic rings. The maximum Gasteiger partial charge on any atom is -0.0190 e. The highest BCUT2D eigenvalue weighted by Crippen LogP contribution is 2.18. The van der Waals surface area contributed by atoms with Crippen molar-refractivity contribution in [2.24, 2.45) is 0 Å². The van der Waals surface area contributed by atoms with Crippen molar-refractivity contribution in [1.29, 1.82) is 0 Å². The van der Waals surface area contributed by atoms with E-state index in [1.807, 2.05) is 0 Å². The Bertz CT molecular complexity index is 301. The summed E-state index contributed by atoms with van der Waals surface area (Å²) in [7, 11) is 0. The van der Waals surface area contributed by atoms with Crippen LogP contribution in [0.5, 0.6) is 0 Å². The molecule has 0 aliphatic rings. The second-order valence-electron chi connectivity index (χ2n) is 3.51. The first-order valence-corrected chi connectivity index (χ1v) is 4.57. The third-order valence-corrected chi connectivity index (χ3v) is 2.19. The van der Waals surface area contributed by atoms with E-state index in [9.17, 15) is 0 Å². The first-order chi connectivity index (χ1) is 6.15. The van der Waals surface area contributed by atoms with E-state index in [2.05, 4.69) is 51.3 Å². The van der Waals surface area contributed by atoms with E-state index in [4.69, 9.17) is 0 Å². The van der Waals surface area contributed by atoms with Crippen molar-refractivity contribution in [1.82, 2.24) is 0 Å². The average molecular weight is 172 g/mol. The van der Waals surface area contributed by atoms with E-state index in [0.29, 0.717) is 5.92 Å². The molecule has 0 nitrogen and oxygen atoms in total. The monoisotopic (exact) mass is 172 g/mol. The van der Waals surface area contributed by atoms with E-state index in [-0.39, 0.29) is 0 Å². The lowest BCUT2D eigenvalue weighted by molar-refractivity contribution is 0.866. The van der Waals surface area contributed by atoms with Crippen molar-refractivity contribution >= 4 is 5.57 Å². The van der Waals surface area contributed by atoms with Crippen LogP contribution >= 0.6 is 0 Å². The molecule has 0 aliphatic carbocycles. The molecule has 0 N–H and O–H groups in total. The minimum absolute atomic E-state index is 0.589. The van der Waals surface area contributed by atoms with Gasteiger partial charge in [-0.15, -0.1) is 0 Å². The molecular formula is C13H16. The van der Waals surface area contributed by atoms with Crippen LogP contribution in [-0.4, -0.2) is 0 Å². The van der Waals surface area contributed by atoms with Gasteiger partial charge in [0, 0.05) is 0 Å². The van der Waals surface area contributed by atoms with Gasteiger partial charge in [-0.2, -0.15) is 0 Å². The highest BCUT2D eigenvalue weighted by molar-refractivity contribution is 5.71. The largest absolute Gasteiger partial charge is 0.0985 e. The van der Waals surface area contributed by atoms with Gasteiger partial charge in [-0.3, -0.25) is 0 Å². The SMILES string of the molecule is C=CC(=C)c1ccc(C(C)C)cc1. The minimum Gasteiger partial charge on any atom is -0.0985 e. The van der Waals surface area contributed by atoms with Crippen LogP contribution < -0.4 is 0 Å². The Morgan fingerprint density at radius 3 is 2.15 bits per heavy atom. The van der Waals surface area contributed by atoms with Crippen LogP contribution in [0.25, 0.3) is 5.57 Å². The number of benzene rings is 1. The Labute approximate surface area is 80.6 Å². The summed E-state index contributed by atoms with van der Waals surface area (Å²) in [5.41, 5.74) is 3.50. The first kappa shape index (κ1) is 9.79. The van der Waals surface area contributed by atoms with E-state index in [1.165, 1.54) is 5.56 Å². The Hall–Kier alpha value is -1.30. The molecule has 0 heterocycles. The van der Waals surface area contributed by atoms with Crippen LogP contribution in [0, 0.1) is 0 Å². The summed E-state index contributed by atoms with van der Waals surface area (Å²) in [5.74, 6) is 0.589. The fraction of sp³-hybridized carbons (Fsp3) is 0.231. The predicted molar refractivity (Wildman–Crippen MR) is 59.8 cm³/mol. The molecule has 1 aromatic carbocycles. The molecule has 0 atom stereocenters. The van der Waals surface area contributed by atoms with E-state index in [0.717, 1.165) is 11.1 Å². The standard InChI is InChI=1S/C13H16/c1-5-11(4)13-8-6-12(7-9-13)10(2)3/h5-10H,1,4H2,2-3H3. The van der Waals surface area contributed by atoms with Crippen molar-refractivity contribution < 1.29 is 0 Å². The summed E-state index contributed by atoms with van der Waals surface area (Å²) in [6.45, 7) is 12.0. The fourth-order valence-corrected chi connectivity index (χ4v) is 1.20. The van der Waals surface area contributed by atoms with Gasteiger partial charge in [0.2, 0.25) is 0 Å². The number of hydrogen-bond acceptors (Lipinski definition) is 0. The molecule has 0 unspecified atom stereocenters. The normalized spacial score (nSPS) is 10.1. The Morgan fingerprint density at radius 2 is 1.77 bits per heavy atom. The zero-order valence-electron chi connectivity index (χ0n) is 8.38. The van der Waals surface area contributed by atoms with Gasteiger partial charge in [-0.05, 0) is 22.6 Å². The molecule has 0 aliphatic heterocycles. The lowest BCUT2D eigenvalue weighted by Crippen LogP contribution is -1.87. The van der Waals surface area contributed by atoms with Gasteiger partial charge >= 0.3 is 0 Å². The number of allylic oxidation sites excluding steroid dienone is 2. The maximum absolute atomic E-state index is 3.90. The van der Waals surface area contributed by atoms with Crippen LogP contribution in [0.15, 0.2) is 43.5 Å². The van der Waals surface area contributed by atoms with Crippen molar-refractivity contribution in [2.75, 3.05) is 0 Å². The minimum atomic E-state index is 0.589. The summed E-state index contributed by atoms with van der Waals surface area (Å²) < 4.78 is 0. The molecule has 0 heteroatoms. The Morgan fingerprint density at radius 1 is 1.23 bits per heavy atom. The van der Waals surface area contributed by atoms with Crippen LogP contribution in [-0.2, 0) is 0 Å². The van der Waals surface area contributed by atoms with Gasteiger partial charge < -0.3 is 0 Å². The smallest absolute Gasteiger partial charge is 0.0190 e. The molecule has 13 heavy (non-hydrogen) atoms. The molecule has 68 valence electrons. The molecule has 0 radical (unpaired) electrons. The van der Waals surface area contributed by atoms with Crippen molar-refractivity contribution in [3.63, 3.8) is 0 Å². The molecule has 0 aromatic heterocycles. The summed E-state index contributed by atoms with van der Waals surface area (Å²) in [6, 6.07) is 8.49. The van der Waals surface area contributed by atoms with Crippen molar-refractivity contribution in [3.8, 4) is 0 Å². The van der Waals surface area contributed by atoms with E-state index >= 15 is 0 Å². The van der Waals surface area contributed by atoms with E-state index < -0.39 is 0 Å². The zero-order valence-corrected chi connectivity index (χ0v) is 8.38. The molecule has 0 fully saturated rings. The zero-order chi connectivity index (χ0) is 9.84. The summed E-state index contributed by atoms with van der Waals surface area (Å²) in [5, 5.41) is 0. The predicted octanol–water partition coefficient (Wildman–Crippen LogP) is 4.01. The molecular weight excluding hydrogens is 156 g/mol. The third-order valence-electron chi connectivity index (χ3n) is 2.19. The van der Waals surface area contributed by atoms with Gasteiger partial charge in [0.25, 0.3) is 0 Å². The third kappa shape index (κ3) is 2.32. The molecule has 0 amide bonds. The second-order valence-corrected chi connectivity index (χ2v) is 3.51. The lowest BCUT2D eigenvalue weighted by atomic mass is 9.99. The lowest BCUT2D eigenvalue weighted by Gasteiger charge is -2.06. The van der Waals surface area contributed by atoms with Gasteiger partial charge in [0.05, 0.1) is 0 Å². The van der Waals surface area contributed by atoms with Crippen LogP contribution in [0.1, 0.15) is 30.9 Å². The van der Waals surface area contributed by atoms with Crippen LogP contribution in [0.4, 0.5) is 0 Å².